The molecule has 0 radical (unpaired) electrons. The molecule has 116 valence electrons. The fourth-order valence-electron chi connectivity index (χ4n) is 2.14. The average molecular weight is 279 g/mol. The second kappa shape index (κ2) is 9.95. The standard InChI is InChI=1S/C18H33NO/c1-7-16(18(3,4)5)13-12-15(2)17(20-6)11-9-8-10-14-19/h7,12-13,17H,1,8-11,14,19H2,2-6H3/b15-12+,16-13+. The molecule has 0 aromatic heterocycles. The minimum Gasteiger partial charge on any atom is -0.377 e. The van der Waals surface area contributed by atoms with Crippen molar-refractivity contribution in [2.24, 2.45) is 11.1 Å². The van der Waals surface area contributed by atoms with E-state index in [0.29, 0.717) is 0 Å². The molecule has 2 nitrogen and oxygen atoms in total. The summed E-state index contributed by atoms with van der Waals surface area (Å²) in [6, 6.07) is 0. The van der Waals surface area contributed by atoms with E-state index in [1.807, 2.05) is 6.08 Å². The van der Waals surface area contributed by atoms with Gasteiger partial charge in [0.2, 0.25) is 0 Å². The highest BCUT2D eigenvalue weighted by molar-refractivity contribution is 5.29. The average Bonchev–Trinajstić information content (AvgIpc) is 2.37. The van der Waals surface area contributed by atoms with E-state index in [2.05, 4.69) is 46.4 Å². The molecule has 0 heterocycles. The fraction of sp³-hybridized carbons (Fsp3) is 0.667. The van der Waals surface area contributed by atoms with E-state index < -0.39 is 0 Å². The zero-order valence-electron chi connectivity index (χ0n) is 14.0. The topological polar surface area (TPSA) is 35.2 Å². The van der Waals surface area contributed by atoms with E-state index >= 15 is 0 Å². The maximum absolute atomic E-state index is 5.59. The highest BCUT2D eigenvalue weighted by atomic mass is 16.5. The number of unbranched alkanes of at least 4 members (excludes halogenated alkanes) is 2. The number of hydrogen-bond donors (Lipinski definition) is 1. The van der Waals surface area contributed by atoms with Crippen molar-refractivity contribution in [3.63, 3.8) is 0 Å². The van der Waals surface area contributed by atoms with Crippen LogP contribution in [0.2, 0.25) is 0 Å². The largest absolute Gasteiger partial charge is 0.377 e. The first-order valence-electron chi connectivity index (χ1n) is 7.61. The van der Waals surface area contributed by atoms with E-state index in [1.165, 1.54) is 17.6 Å². The second-order valence-corrected chi connectivity index (χ2v) is 6.35. The molecule has 0 saturated carbocycles. The first-order chi connectivity index (χ1) is 9.36. The summed E-state index contributed by atoms with van der Waals surface area (Å²) in [5.74, 6) is 0. The van der Waals surface area contributed by atoms with Gasteiger partial charge in [0.15, 0.2) is 0 Å². The van der Waals surface area contributed by atoms with E-state index in [9.17, 15) is 0 Å². The van der Waals surface area contributed by atoms with E-state index in [0.717, 1.165) is 25.8 Å². The smallest absolute Gasteiger partial charge is 0.0781 e. The van der Waals surface area contributed by atoms with Crippen LogP contribution in [-0.4, -0.2) is 19.8 Å². The van der Waals surface area contributed by atoms with Gasteiger partial charge in [0.05, 0.1) is 6.10 Å². The maximum atomic E-state index is 5.59. The molecule has 2 N–H and O–H groups in total. The normalized spacial score (nSPS) is 15.3. The third-order valence-electron chi connectivity index (χ3n) is 3.57. The van der Waals surface area contributed by atoms with Crippen LogP contribution in [0.1, 0.15) is 53.4 Å². The lowest BCUT2D eigenvalue weighted by Gasteiger charge is -2.20. The third-order valence-corrected chi connectivity index (χ3v) is 3.57. The Morgan fingerprint density at radius 1 is 1.20 bits per heavy atom. The summed E-state index contributed by atoms with van der Waals surface area (Å²) in [5.41, 5.74) is 8.15. The Morgan fingerprint density at radius 2 is 1.85 bits per heavy atom. The first-order valence-corrected chi connectivity index (χ1v) is 7.61. The van der Waals surface area contributed by atoms with Gasteiger partial charge in [-0.2, -0.15) is 0 Å². The van der Waals surface area contributed by atoms with Crippen molar-refractivity contribution in [1.29, 1.82) is 0 Å². The van der Waals surface area contributed by atoms with Gasteiger partial charge in [0, 0.05) is 7.11 Å². The Bertz CT molecular complexity index is 334. The summed E-state index contributed by atoms with van der Waals surface area (Å²) in [7, 11) is 1.78. The summed E-state index contributed by atoms with van der Waals surface area (Å²) < 4.78 is 5.59. The number of nitrogens with two attached hydrogens (primary N) is 1. The highest BCUT2D eigenvalue weighted by Crippen LogP contribution is 2.26. The van der Waals surface area contributed by atoms with Crippen molar-refractivity contribution in [1.82, 2.24) is 0 Å². The monoisotopic (exact) mass is 279 g/mol. The summed E-state index contributed by atoms with van der Waals surface area (Å²) in [5, 5.41) is 0. The molecule has 0 aromatic carbocycles. The molecule has 1 atom stereocenters. The van der Waals surface area contributed by atoms with Crippen molar-refractivity contribution in [3.8, 4) is 0 Å². The van der Waals surface area contributed by atoms with Gasteiger partial charge in [0.25, 0.3) is 0 Å². The van der Waals surface area contributed by atoms with Gasteiger partial charge in [0.1, 0.15) is 0 Å². The van der Waals surface area contributed by atoms with Crippen LogP contribution in [0.25, 0.3) is 0 Å². The first kappa shape index (κ1) is 19.1. The molecular weight excluding hydrogens is 246 g/mol. The Balaban J connectivity index is 4.65. The van der Waals surface area contributed by atoms with Gasteiger partial charge in [-0.3, -0.25) is 0 Å². The number of ether oxygens (including phenoxy) is 1. The van der Waals surface area contributed by atoms with Crippen molar-refractivity contribution in [3.05, 3.63) is 36.0 Å². The van der Waals surface area contributed by atoms with Crippen LogP contribution in [-0.2, 0) is 4.74 Å². The molecule has 0 aromatic rings. The van der Waals surface area contributed by atoms with Crippen LogP contribution in [0.5, 0.6) is 0 Å². The minimum atomic E-state index is 0.127. The molecule has 20 heavy (non-hydrogen) atoms. The fourth-order valence-corrected chi connectivity index (χ4v) is 2.14. The quantitative estimate of drug-likeness (QED) is 0.493. The molecule has 0 aliphatic carbocycles. The van der Waals surface area contributed by atoms with Crippen molar-refractivity contribution in [2.75, 3.05) is 13.7 Å². The summed E-state index contributed by atoms with van der Waals surface area (Å²) in [6.07, 6.45) is 11.0. The molecule has 0 aliphatic rings. The number of rotatable bonds is 9. The van der Waals surface area contributed by atoms with E-state index in [1.54, 1.807) is 7.11 Å². The molecule has 0 rings (SSSR count). The molecule has 1 unspecified atom stereocenters. The minimum absolute atomic E-state index is 0.127. The van der Waals surface area contributed by atoms with Crippen molar-refractivity contribution in [2.45, 2.75) is 59.5 Å². The number of hydrogen-bond acceptors (Lipinski definition) is 2. The Hall–Kier alpha value is -0.860. The van der Waals surface area contributed by atoms with Crippen LogP contribution in [0.3, 0.4) is 0 Å². The molecule has 2 heteroatoms. The van der Waals surface area contributed by atoms with Gasteiger partial charge in [-0.1, -0.05) is 58.4 Å². The number of methoxy groups -OCH3 is 1. The second-order valence-electron chi connectivity index (χ2n) is 6.35. The predicted molar refractivity (Wildman–Crippen MR) is 89.8 cm³/mol. The van der Waals surface area contributed by atoms with Gasteiger partial charge in [-0.25, -0.2) is 0 Å². The summed E-state index contributed by atoms with van der Waals surface area (Å²) >= 11 is 0. The maximum Gasteiger partial charge on any atom is 0.0781 e. The van der Waals surface area contributed by atoms with E-state index in [4.69, 9.17) is 10.5 Å². The van der Waals surface area contributed by atoms with Crippen LogP contribution in [0.4, 0.5) is 0 Å². The molecule has 0 fully saturated rings. The summed E-state index contributed by atoms with van der Waals surface area (Å²) in [6.45, 7) is 13.4. The lowest BCUT2D eigenvalue weighted by Crippen LogP contribution is -2.12. The molecular formula is C18H33NO. The van der Waals surface area contributed by atoms with Gasteiger partial charge >= 0.3 is 0 Å². The van der Waals surface area contributed by atoms with Crippen LogP contribution < -0.4 is 5.73 Å². The van der Waals surface area contributed by atoms with Gasteiger partial charge in [-0.15, -0.1) is 0 Å². The number of allylic oxidation sites excluding steroid dienone is 4. The summed E-state index contributed by atoms with van der Waals surface area (Å²) in [4.78, 5) is 0. The van der Waals surface area contributed by atoms with Crippen molar-refractivity contribution >= 4 is 0 Å². The van der Waals surface area contributed by atoms with Crippen LogP contribution in [0, 0.1) is 5.41 Å². The highest BCUT2D eigenvalue weighted by Gasteiger charge is 2.14. The predicted octanol–water partition coefficient (Wildman–Crippen LogP) is 4.63. The Morgan fingerprint density at radius 3 is 2.30 bits per heavy atom. The molecule has 0 aliphatic heterocycles. The van der Waals surface area contributed by atoms with Crippen molar-refractivity contribution < 1.29 is 4.74 Å². The Labute approximate surface area is 125 Å². The van der Waals surface area contributed by atoms with E-state index in [-0.39, 0.29) is 11.5 Å². The third kappa shape index (κ3) is 7.66. The zero-order valence-corrected chi connectivity index (χ0v) is 14.0. The lowest BCUT2D eigenvalue weighted by atomic mass is 9.86. The zero-order chi connectivity index (χ0) is 15.6. The molecule has 0 amide bonds. The molecule has 0 spiro atoms. The SMILES string of the molecule is C=C/C(=C\C=C(/C)C(CCCCCN)OC)C(C)(C)C. The van der Waals surface area contributed by atoms with Gasteiger partial charge < -0.3 is 10.5 Å². The van der Waals surface area contributed by atoms with Crippen LogP contribution in [0.15, 0.2) is 36.0 Å². The van der Waals surface area contributed by atoms with Crippen LogP contribution >= 0.6 is 0 Å². The molecule has 0 bridgehead atoms. The van der Waals surface area contributed by atoms with Gasteiger partial charge in [-0.05, 0) is 42.9 Å². The Kier molecular flexibility index (Phi) is 9.52. The molecule has 0 saturated heterocycles. The lowest BCUT2D eigenvalue weighted by molar-refractivity contribution is 0.121.